The molecule has 0 bridgehead atoms. The van der Waals surface area contributed by atoms with Crippen molar-refractivity contribution in [3.05, 3.63) is 22.8 Å². The number of Topliss-reactive ketones (excluding diaryl/α,β-unsaturated/α-hetero) is 1. The van der Waals surface area contributed by atoms with E-state index in [1.54, 1.807) is 12.1 Å². The van der Waals surface area contributed by atoms with Crippen LogP contribution in [0.1, 0.15) is 23.7 Å². The zero-order chi connectivity index (χ0) is 12.4. The first-order valence-electron chi connectivity index (χ1n) is 5.44. The Morgan fingerprint density at radius 2 is 2.41 bits per heavy atom. The molecule has 0 saturated carbocycles. The third kappa shape index (κ3) is 2.40. The normalized spacial score (nSPS) is 19.1. The van der Waals surface area contributed by atoms with E-state index in [0.717, 1.165) is 13.0 Å². The third-order valence-corrected chi connectivity index (χ3v) is 3.10. The lowest BCUT2D eigenvalue weighted by Crippen LogP contribution is -2.23. The number of aromatic nitrogens is 1. The number of carbonyl (C=O) groups is 1. The summed E-state index contributed by atoms with van der Waals surface area (Å²) in [6.07, 6.45) is 0.808. The molecule has 0 radical (unpaired) electrons. The van der Waals surface area contributed by atoms with Gasteiger partial charge in [-0.25, -0.2) is 4.98 Å². The number of nitrogens with zero attached hydrogens (tertiary/aromatic N) is 3. The summed E-state index contributed by atoms with van der Waals surface area (Å²) in [6.45, 7) is 2.86. The molecule has 1 saturated heterocycles. The summed E-state index contributed by atoms with van der Waals surface area (Å²) in [6, 6.07) is 5.54. The fourth-order valence-corrected chi connectivity index (χ4v) is 2.14. The molecule has 0 unspecified atom stereocenters. The van der Waals surface area contributed by atoms with Crippen molar-refractivity contribution in [3.8, 4) is 6.07 Å². The van der Waals surface area contributed by atoms with Crippen molar-refractivity contribution in [1.82, 2.24) is 4.98 Å². The van der Waals surface area contributed by atoms with E-state index in [9.17, 15) is 4.79 Å². The van der Waals surface area contributed by atoms with Crippen molar-refractivity contribution in [1.29, 1.82) is 5.26 Å². The Morgan fingerprint density at radius 3 is 3.00 bits per heavy atom. The van der Waals surface area contributed by atoms with Crippen LogP contribution in [0, 0.1) is 17.2 Å². The van der Waals surface area contributed by atoms with Gasteiger partial charge >= 0.3 is 0 Å². The SMILES string of the molecule is CC(=O)c1ccc(Cl)nc1N1CC[C@@H](C#N)C1. The van der Waals surface area contributed by atoms with Crippen molar-refractivity contribution in [2.45, 2.75) is 13.3 Å². The van der Waals surface area contributed by atoms with Gasteiger partial charge in [-0.2, -0.15) is 5.26 Å². The molecular weight excluding hydrogens is 238 g/mol. The number of hydrogen-bond acceptors (Lipinski definition) is 4. The second kappa shape index (κ2) is 4.72. The summed E-state index contributed by atoms with van der Waals surface area (Å²) >= 11 is 5.86. The van der Waals surface area contributed by atoms with E-state index in [-0.39, 0.29) is 11.7 Å². The van der Waals surface area contributed by atoms with Gasteiger partial charge in [-0.1, -0.05) is 11.6 Å². The number of carbonyl (C=O) groups excluding carboxylic acids is 1. The maximum atomic E-state index is 11.5. The molecule has 1 aromatic heterocycles. The van der Waals surface area contributed by atoms with Crippen LogP contribution < -0.4 is 4.90 Å². The fourth-order valence-electron chi connectivity index (χ4n) is 2.00. The smallest absolute Gasteiger partial charge is 0.163 e. The molecule has 0 N–H and O–H groups in total. The molecule has 2 rings (SSSR count). The van der Waals surface area contributed by atoms with Gasteiger partial charge < -0.3 is 4.90 Å². The van der Waals surface area contributed by atoms with Crippen molar-refractivity contribution in [2.24, 2.45) is 5.92 Å². The first-order valence-corrected chi connectivity index (χ1v) is 5.81. The number of rotatable bonds is 2. The molecule has 0 aromatic carbocycles. The van der Waals surface area contributed by atoms with E-state index in [2.05, 4.69) is 11.1 Å². The van der Waals surface area contributed by atoms with E-state index in [0.29, 0.717) is 23.1 Å². The predicted octanol–water partition coefficient (Wildman–Crippen LogP) is 2.29. The molecule has 4 nitrogen and oxygen atoms in total. The highest BCUT2D eigenvalue weighted by Gasteiger charge is 2.26. The van der Waals surface area contributed by atoms with Crippen LogP contribution in [0.3, 0.4) is 0 Å². The number of anilines is 1. The van der Waals surface area contributed by atoms with Gasteiger partial charge in [0, 0.05) is 13.1 Å². The lowest BCUT2D eigenvalue weighted by molar-refractivity contribution is 0.101. The average Bonchev–Trinajstić information content (AvgIpc) is 2.76. The average molecular weight is 250 g/mol. The first kappa shape index (κ1) is 11.9. The van der Waals surface area contributed by atoms with Gasteiger partial charge in [0.2, 0.25) is 0 Å². The molecule has 17 heavy (non-hydrogen) atoms. The minimum absolute atomic E-state index is 0.00981. The summed E-state index contributed by atoms with van der Waals surface area (Å²) < 4.78 is 0. The van der Waals surface area contributed by atoms with Crippen LogP contribution in [0.4, 0.5) is 5.82 Å². The number of pyridine rings is 1. The van der Waals surface area contributed by atoms with Gasteiger partial charge in [-0.15, -0.1) is 0 Å². The number of ketones is 1. The Kier molecular flexibility index (Phi) is 3.30. The summed E-state index contributed by atoms with van der Waals surface area (Å²) in [5, 5.41) is 9.24. The van der Waals surface area contributed by atoms with Gasteiger partial charge in [-0.3, -0.25) is 4.79 Å². The molecule has 88 valence electrons. The highest BCUT2D eigenvalue weighted by molar-refractivity contribution is 6.29. The molecule has 1 aromatic rings. The van der Waals surface area contributed by atoms with Crippen LogP contribution >= 0.6 is 11.6 Å². The lowest BCUT2D eigenvalue weighted by Gasteiger charge is -2.19. The second-order valence-electron chi connectivity index (χ2n) is 4.12. The zero-order valence-electron chi connectivity index (χ0n) is 9.48. The maximum Gasteiger partial charge on any atom is 0.163 e. The van der Waals surface area contributed by atoms with Gasteiger partial charge in [0.25, 0.3) is 0 Å². The molecule has 0 aliphatic carbocycles. The first-order chi connectivity index (χ1) is 8.11. The Bertz CT molecular complexity index is 495. The summed E-state index contributed by atoms with van der Waals surface area (Å²) in [5.74, 6) is 0.572. The largest absolute Gasteiger partial charge is 0.355 e. The van der Waals surface area contributed by atoms with Crippen LogP contribution in [0.25, 0.3) is 0 Å². The van der Waals surface area contributed by atoms with E-state index in [4.69, 9.17) is 16.9 Å². The molecule has 0 amide bonds. The van der Waals surface area contributed by atoms with Crippen molar-refractivity contribution < 1.29 is 4.79 Å². The predicted molar refractivity (Wildman–Crippen MR) is 65.2 cm³/mol. The minimum Gasteiger partial charge on any atom is -0.355 e. The van der Waals surface area contributed by atoms with Crippen molar-refractivity contribution >= 4 is 23.2 Å². The molecule has 5 heteroatoms. The molecule has 2 heterocycles. The fraction of sp³-hybridized carbons (Fsp3) is 0.417. The minimum atomic E-state index is -0.0374. The van der Waals surface area contributed by atoms with Gasteiger partial charge in [0.05, 0.1) is 17.6 Å². The zero-order valence-corrected chi connectivity index (χ0v) is 10.2. The van der Waals surface area contributed by atoms with Gasteiger partial charge in [0.15, 0.2) is 5.78 Å². The number of nitriles is 1. The number of halogens is 1. The Labute approximate surface area is 105 Å². The molecule has 1 aliphatic heterocycles. The molecule has 0 spiro atoms. The monoisotopic (exact) mass is 249 g/mol. The molecule has 1 aliphatic rings. The topological polar surface area (TPSA) is 57.0 Å². The third-order valence-electron chi connectivity index (χ3n) is 2.89. The van der Waals surface area contributed by atoms with Gasteiger partial charge in [0.1, 0.15) is 11.0 Å². The van der Waals surface area contributed by atoms with Crippen molar-refractivity contribution in [3.63, 3.8) is 0 Å². The Hall–Kier alpha value is -1.60. The molecular formula is C12H12ClN3O. The van der Waals surface area contributed by atoms with Crippen LogP contribution in [-0.2, 0) is 0 Å². The number of hydrogen-bond donors (Lipinski definition) is 0. The van der Waals surface area contributed by atoms with E-state index >= 15 is 0 Å². The quantitative estimate of drug-likeness (QED) is 0.596. The van der Waals surface area contributed by atoms with E-state index in [1.807, 2.05) is 4.90 Å². The van der Waals surface area contributed by atoms with Crippen molar-refractivity contribution in [2.75, 3.05) is 18.0 Å². The summed E-state index contributed by atoms with van der Waals surface area (Å²) in [4.78, 5) is 17.7. The second-order valence-corrected chi connectivity index (χ2v) is 4.51. The maximum absolute atomic E-state index is 11.5. The molecule has 1 fully saturated rings. The van der Waals surface area contributed by atoms with Crippen LogP contribution in [0.5, 0.6) is 0 Å². The van der Waals surface area contributed by atoms with Gasteiger partial charge in [-0.05, 0) is 25.5 Å². The van der Waals surface area contributed by atoms with E-state index < -0.39 is 0 Å². The summed E-state index contributed by atoms with van der Waals surface area (Å²) in [7, 11) is 0. The van der Waals surface area contributed by atoms with Crippen LogP contribution in [0.15, 0.2) is 12.1 Å². The van der Waals surface area contributed by atoms with E-state index in [1.165, 1.54) is 6.92 Å². The lowest BCUT2D eigenvalue weighted by atomic mass is 10.1. The van der Waals surface area contributed by atoms with Crippen LogP contribution in [-0.4, -0.2) is 23.9 Å². The Morgan fingerprint density at radius 1 is 1.65 bits per heavy atom. The highest BCUT2D eigenvalue weighted by Crippen LogP contribution is 2.26. The van der Waals surface area contributed by atoms with Crippen LogP contribution in [0.2, 0.25) is 5.15 Å². The Balaban J connectivity index is 2.35. The molecule has 1 atom stereocenters. The highest BCUT2D eigenvalue weighted by atomic mass is 35.5. The summed E-state index contributed by atoms with van der Waals surface area (Å²) in [5.41, 5.74) is 0.563. The standard InChI is InChI=1S/C12H12ClN3O/c1-8(17)10-2-3-11(13)15-12(10)16-5-4-9(6-14)7-16/h2-3,9H,4-5,7H2,1H3/t9-/m0/s1.